The zero-order chi connectivity index (χ0) is 23.1. The molecule has 1 aliphatic rings. The molecule has 164 valence electrons. The number of rotatable bonds is 4. The summed E-state index contributed by atoms with van der Waals surface area (Å²) in [6.07, 6.45) is 3.76. The Hall–Kier alpha value is -2.51. The van der Waals surface area contributed by atoms with E-state index in [1.807, 2.05) is 48.7 Å². The van der Waals surface area contributed by atoms with Crippen LogP contribution in [0.2, 0.25) is 10.0 Å². The van der Waals surface area contributed by atoms with Crippen molar-refractivity contribution < 1.29 is 9.59 Å². The third-order valence-electron chi connectivity index (χ3n) is 5.34. The van der Waals surface area contributed by atoms with Crippen molar-refractivity contribution in [3.63, 3.8) is 0 Å². The molecule has 1 aliphatic heterocycles. The van der Waals surface area contributed by atoms with Gasteiger partial charge in [-0.1, -0.05) is 57.3 Å². The summed E-state index contributed by atoms with van der Waals surface area (Å²) in [5, 5.41) is 1.87. The number of benzene rings is 3. The maximum absolute atomic E-state index is 13.1. The van der Waals surface area contributed by atoms with Crippen molar-refractivity contribution in [3.8, 4) is 0 Å². The van der Waals surface area contributed by atoms with E-state index in [2.05, 4.69) is 20.5 Å². The fourth-order valence-electron chi connectivity index (χ4n) is 3.77. The molecule has 0 unspecified atom stereocenters. The van der Waals surface area contributed by atoms with Crippen LogP contribution in [0.15, 0.2) is 82.3 Å². The Kier molecular flexibility index (Phi) is 6.10. The standard InChI is InChI=1S/C25H15BrCl2N2O2S/c26-17-5-10-22-20(12-17)16(14-29(22)13-15-3-1-2-4-21(15)28)11-23-24(31)30(25(32)33-23)19-8-6-18(27)7-9-19/h1-12,14H,13H2/b23-11-. The molecular weight excluding hydrogens is 543 g/mol. The monoisotopic (exact) mass is 556 g/mol. The third kappa shape index (κ3) is 4.36. The smallest absolute Gasteiger partial charge is 0.298 e. The summed E-state index contributed by atoms with van der Waals surface area (Å²) < 4.78 is 3.02. The number of imide groups is 1. The van der Waals surface area contributed by atoms with E-state index in [-0.39, 0.29) is 11.1 Å². The second-order valence-electron chi connectivity index (χ2n) is 7.46. The Morgan fingerprint density at radius 3 is 2.48 bits per heavy atom. The number of anilines is 1. The van der Waals surface area contributed by atoms with Crippen LogP contribution in [0.4, 0.5) is 10.5 Å². The van der Waals surface area contributed by atoms with Crippen molar-refractivity contribution in [2.24, 2.45) is 0 Å². The van der Waals surface area contributed by atoms with Crippen LogP contribution in [0.1, 0.15) is 11.1 Å². The average molecular weight is 558 g/mol. The maximum Gasteiger partial charge on any atom is 0.298 e. The highest BCUT2D eigenvalue weighted by atomic mass is 79.9. The summed E-state index contributed by atoms with van der Waals surface area (Å²) >= 11 is 16.8. The Bertz CT molecular complexity index is 1450. The van der Waals surface area contributed by atoms with Gasteiger partial charge in [-0.05, 0) is 71.9 Å². The van der Waals surface area contributed by atoms with E-state index in [0.717, 1.165) is 38.3 Å². The fraction of sp³-hybridized carbons (Fsp3) is 0.0400. The number of hydrogen-bond donors (Lipinski definition) is 0. The Labute approximate surface area is 212 Å². The van der Waals surface area contributed by atoms with Crippen molar-refractivity contribution >= 4 is 84.7 Å². The van der Waals surface area contributed by atoms with Gasteiger partial charge in [0.05, 0.1) is 10.6 Å². The lowest BCUT2D eigenvalue weighted by Gasteiger charge is -2.12. The molecule has 1 saturated heterocycles. The molecule has 0 N–H and O–H groups in total. The molecule has 0 aliphatic carbocycles. The van der Waals surface area contributed by atoms with Gasteiger partial charge in [-0.25, -0.2) is 4.90 Å². The van der Waals surface area contributed by atoms with Crippen molar-refractivity contribution in [1.82, 2.24) is 4.57 Å². The molecule has 4 aromatic rings. The van der Waals surface area contributed by atoms with Gasteiger partial charge in [0, 0.05) is 43.7 Å². The molecule has 4 nitrogen and oxygen atoms in total. The fourth-order valence-corrected chi connectivity index (χ4v) is 5.29. The van der Waals surface area contributed by atoms with Gasteiger partial charge < -0.3 is 4.57 Å². The van der Waals surface area contributed by atoms with E-state index in [0.29, 0.717) is 27.2 Å². The molecule has 3 aromatic carbocycles. The van der Waals surface area contributed by atoms with Crippen LogP contribution in [-0.2, 0) is 11.3 Å². The highest BCUT2D eigenvalue weighted by Gasteiger charge is 2.36. The molecule has 1 fully saturated rings. The lowest BCUT2D eigenvalue weighted by molar-refractivity contribution is -0.113. The zero-order valence-corrected chi connectivity index (χ0v) is 20.9. The number of halogens is 3. The lowest BCUT2D eigenvalue weighted by Crippen LogP contribution is -2.27. The summed E-state index contributed by atoms with van der Waals surface area (Å²) in [5.74, 6) is -0.352. The van der Waals surface area contributed by atoms with Crippen LogP contribution in [0.25, 0.3) is 17.0 Å². The van der Waals surface area contributed by atoms with E-state index in [4.69, 9.17) is 23.2 Å². The highest BCUT2D eigenvalue weighted by molar-refractivity contribution is 9.10. The Morgan fingerprint density at radius 2 is 1.73 bits per heavy atom. The minimum Gasteiger partial charge on any atom is -0.342 e. The van der Waals surface area contributed by atoms with Crippen molar-refractivity contribution in [1.29, 1.82) is 0 Å². The van der Waals surface area contributed by atoms with Crippen LogP contribution < -0.4 is 4.90 Å². The summed E-state index contributed by atoms with van der Waals surface area (Å²) in [6, 6.07) is 20.4. The van der Waals surface area contributed by atoms with Gasteiger partial charge in [0.15, 0.2) is 0 Å². The molecule has 0 atom stereocenters. The van der Waals surface area contributed by atoms with Crippen LogP contribution >= 0.6 is 50.9 Å². The van der Waals surface area contributed by atoms with Crippen LogP contribution in [0.3, 0.4) is 0 Å². The maximum atomic E-state index is 13.1. The second kappa shape index (κ2) is 9.03. The van der Waals surface area contributed by atoms with Crippen molar-refractivity contribution in [3.05, 3.63) is 103 Å². The van der Waals surface area contributed by atoms with Crippen LogP contribution in [0, 0.1) is 0 Å². The third-order valence-corrected chi connectivity index (χ3v) is 7.32. The summed E-state index contributed by atoms with van der Waals surface area (Å²) in [4.78, 5) is 27.3. The Morgan fingerprint density at radius 1 is 0.970 bits per heavy atom. The minimum absolute atomic E-state index is 0.338. The molecule has 2 heterocycles. The summed E-state index contributed by atoms with van der Waals surface area (Å²) in [7, 11) is 0. The normalized spacial score (nSPS) is 15.2. The molecular formula is C25H15BrCl2N2O2S. The molecule has 0 spiro atoms. The highest BCUT2D eigenvalue weighted by Crippen LogP contribution is 2.37. The molecule has 0 bridgehead atoms. The van der Waals surface area contributed by atoms with Crippen molar-refractivity contribution in [2.75, 3.05) is 4.90 Å². The molecule has 0 radical (unpaired) electrons. The quantitative estimate of drug-likeness (QED) is 0.239. The van der Waals surface area contributed by atoms with Gasteiger partial charge in [0.2, 0.25) is 0 Å². The topological polar surface area (TPSA) is 42.3 Å². The first kappa shape index (κ1) is 22.3. The molecule has 1 aromatic heterocycles. The predicted molar refractivity (Wildman–Crippen MR) is 140 cm³/mol. The van der Waals surface area contributed by atoms with Gasteiger partial charge in [-0.2, -0.15) is 0 Å². The second-order valence-corrected chi connectivity index (χ2v) is 10.2. The van der Waals surface area contributed by atoms with Gasteiger partial charge in [-0.3, -0.25) is 9.59 Å². The van der Waals surface area contributed by atoms with Gasteiger partial charge in [-0.15, -0.1) is 0 Å². The van der Waals surface area contributed by atoms with Crippen LogP contribution in [-0.4, -0.2) is 15.7 Å². The number of nitrogens with zero attached hydrogens (tertiary/aromatic N) is 2. The molecule has 8 heteroatoms. The Balaban J connectivity index is 1.55. The summed E-state index contributed by atoms with van der Waals surface area (Å²) in [6.45, 7) is 0.581. The van der Waals surface area contributed by atoms with Gasteiger partial charge in [0.1, 0.15) is 0 Å². The van der Waals surface area contributed by atoms with E-state index >= 15 is 0 Å². The molecule has 33 heavy (non-hydrogen) atoms. The number of fused-ring (bicyclic) bond motifs is 1. The predicted octanol–water partition coefficient (Wildman–Crippen LogP) is 8.00. The number of thioether (sulfide) groups is 1. The number of amides is 2. The lowest BCUT2D eigenvalue weighted by atomic mass is 10.1. The van der Waals surface area contributed by atoms with Crippen LogP contribution in [0.5, 0.6) is 0 Å². The number of hydrogen-bond acceptors (Lipinski definition) is 3. The van der Waals surface area contributed by atoms with E-state index in [1.165, 1.54) is 4.90 Å². The molecule has 2 amide bonds. The minimum atomic E-state index is -0.352. The number of carbonyl (C=O) groups excluding carboxylic acids is 2. The van der Waals surface area contributed by atoms with E-state index in [1.54, 1.807) is 30.3 Å². The SMILES string of the molecule is O=C1S/C(=C\c2cn(Cc3ccccc3Cl)c3ccc(Br)cc23)C(=O)N1c1ccc(Cl)cc1. The first-order valence-electron chi connectivity index (χ1n) is 9.96. The van der Waals surface area contributed by atoms with Gasteiger partial charge >= 0.3 is 0 Å². The zero-order valence-electron chi connectivity index (χ0n) is 17.0. The van der Waals surface area contributed by atoms with E-state index < -0.39 is 0 Å². The summed E-state index contributed by atoms with van der Waals surface area (Å²) in [5.41, 5.74) is 3.34. The first-order chi connectivity index (χ1) is 15.9. The first-order valence-corrected chi connectivity index (χ1v) is 12.3. The largest absolute Gasteiger partial charge is 0.342 e. The molecule has 0 saturated carbocycles. The van der Waals surface area contributed by atoms with Gasteiger partial charge in [0.25, 0.3) is 11.1 Å². The average Bonchev–Trinajstić information content (AvgIpc) is 3.26. The number of aromatic nitrogens is 1. The van der Waals surface area contributed by atoms with E-state index in [9.17, 15) is 9.59 Å². The van der Waals surface area contributed by atoms with Crippen molar-refractivity contribution in [2.45, 2.75) is 6.54 Å². The molecule has 5 rings (SSSR count). The number of carbonyl (C=O) groups is 2.